The lowest BCUT2D eigenvalue weighted by Crippen LogP contribution is -2.21. The maximum absolute atomic E-state index is 11.1. The topological polar surface area (TPSA) is 149 Å². The third kappa shape index (κ3) is 3.28. The van der Waals surface area contributed by atoms with Gasteiger partial charge >= 0.3 is 0 Å². The molecule has 156 valence electrons. The van der Waals surface area contributed by atoms with E-state index >= 15 is 0 Å². The molecular weight excluding hydrogens is 402 g/mol. The van der Waals surface area contributed by atoms with Crippen LogP contribution in [0.4, 0.5) is 5.69 Å². The number of hydrogen-bond donors (Lipinski definition) is 2. The van der Waals surface area contributed by atoms with Gasteiger partial charge in [-0.3, -0.25) is 15.2 Å². The molecule has 4 rings (SSSR count). The zero-order chi connectivity index (χ0) is 22.1. The predicted octanol–water partition coefficient (Wildman–Crippen LogP) is 3.22. The highest BCUT2D eigenvalue weighted by Crippen LogP contribution is 2.47. The second-order valence-corrected chi connectivity index (χ2v) is 6.66. The Hall–Kier alpha value is -4.52. The number of nitro benzene ring substituents is 1. The molecule has 0 saturated carbocycles. The molecule has 0 fully saturated rings. The van der Waals surface area contributed by atoms with Gasteiger partial charge in [0.2, 0.25) is 11.8 Å². The van der Waals surface area contributed by atoms with E-state index in [0.29, 0.717) is 33.9 Å². The molecule has 1 aliphatic rings. The number of nitro groups is 1. The van der Waals surface area contributed by atoms with E-state index in [1.165, 1.54) is 19.2 Å². The van der Waals surface area contributed by atoms with E-state index in [-0.39, 0.29) is 23.0 Å². The van der Waals surface area contributed by atoms with Gasteiger partial charge in [0.1, 0.15) is 23.1 Å². The first-order chi connectivity index (χ1) is 15.0. The van der Waals surface area contributed by atoms with Crippen molar-refractivity contribution in [2.24, 2.45) is 5.73 Å². The van der Waals surface area contributed by atoms with Crippen LogP contribution in [0.25, 0.3) is 11.3 Å². The fraction of sp³-hybridized carbons (Fsp3) is 0.143. The van der Waals surface area contributed by atoms with Crippen molar-refractivity contribution >= 4 is 5.69 Å². The van der Waals surface area contributed by atoms with E-state index in [2.05, 4.69) is 16.3 Å². The number of fused-ring (bicyclic) bond motifs is 1. The Bertz CT molecular complexity index is 1240. The Kier molecular flexibility index (Phi) is 4.92. The van der Waals surface area contributed by atoms with E-state index in [4.69, 9.17) is 19.9 Å². The molecule has 0 bridgehead atoms. The molecule has 1 atom stereocenters. The number of allylic oxidation sites excluding steroid dienone is 1. The van der Waals surface area contributed by atoms with Gasteiger partial charge in [-0.05, 0) is 23.8 Å². The van der Waals surface area contributed by atoms with Gasteiger partial charge in [0.15, 0.2) is 0 Å². The highest BCUT2D eigenvalue weighted by molar-refractivity contribution is 5.76. The summed E-state index contributed by atoms with van der Waals surface area (Å²) in [6, 6.07) is 13.3. The van der Waals surface area contributed by atoms with Crippen LogP contribution in [0.15, 0.2) is 53.9 Å². The van der Waals surface area contributed by atoms with E-state index < -0.39 is 10.8 Å². The van der Waals surface area contributed by atoms with E-state index in [0.717, 1.165) is 0 Å². The number of non-ortho nitro benzene ring substituents is 1. The molecule has 0 spiro atoms. The smallest absolute Gasteiger partial charge is 0.269 e. The Morgan fingerprint density at radius 2 is 1.97 bits per heavy atom. The summed E-state index contributed by atoms with van der Waals surface area (Å²) in [6.45, 7) is 0. The number of methoxy groups -OCH3 is 2. The standard InChI is InChI=1S/C21H17N5O5/c1-29-13-7-8-16(30-2)14(9-13)19-18-17(11-3-5-12(6-4-11)26(27)28)15(10-22)20(23)31-21(18)25-24-19/h3-9,17H,23H2,1-2H3,(H,24,25)/t17-/m0/s1. The van der Waals surface area contributed by atoms with Crippen molar-refractivity contribution < 1.29 is 19.1 Å². The number of nitrogens with two attached hydrogens (primary N) is 1. The molecule has 2 aromatic carbocycles. The molecule has 0 aliphatic carbocycles. The summed E-state index contributed by atoms with van der Waals surface area (Å²) in [6.07, 6.45) is 0. The lowest BCUT2D eigenvalue weighted by Gasteiger charge is -2.24. The van der Waals surface area contributed by atoms with Crippen LogP contribution in [0.5, 0.6) is 17.4 Å². The maximum Gasteiger partial charge on any atom is 0.269 e. The number of rotatable bonds is 5. The number of benzene rings is 2. The average Bonchev–Trinajstić information content (AvgIpc) is 3.20. The Morgan fingerprint density at radius 3 is 2.58 bits per heavy atom. The molecule has 1 aliphatic heterocycles. The quantitative estimate of drug-likeness (QED) is 0.473. The lowest BCUT2D eigenvalue weighted by molar-refractivity contribution is -0.384. The van der Waals surface area contributed by atoms with Crippen molar-refractivity contribution in [3.05, 3.63) is 75.2 Å². The summed E-state index contributed by atoms with van der Waals surface area (Å²) in [4.78, 5) is 10.6. The summed E-state index contributed by atoms with van der Waals surface area (Å²) in [5.41, 5.74) is 8.48. The molecule has 0 radical (unpaired) electrons. The molecule has 0 saturated heterocycles. The fourth-order valence-electron chi connectivity index (χ4n) is 3.58. The van der Waals surface area contributed by atoms with Crippen LogP contribution in [-0.4, -0.2) is 29.3 Å². The van der Waals surface area contributed by atoms with Crippen LogP contribution in [-0.2, 0) is 0 Å². The molecule has 0 unspecified atom stereocenters. The van der Waals surface area contributed by atoms with Gasteiger partial charge in [0.25, 0.3) is 5.69 Å². The van der Waals surface area contributed by atoms with Crippen molar-refractivity contribution in [3.63, 3.8) is 0 Å². The fourth-order valence-corrected chi connectivity index (χ4v) is 3.58. The molecule has 3 aromatic rings. The van der Waals surface area contributed by atoms with Gasteiger partial charge in [-0.15, -0.1) is 5.10 Å². The number of nitrogens with one attached hydrogen (secondary N) is 1. The summed E-state index contributed by atoms with van der Waals surface area (Å²) in [5, 5.41) is 28.0. The van der Waals surface area contributed by atoms with E-state index in [9.17, 15) is 15.4 Å². The highest BCUT2D eigenvalue weighted by atomic mass is 16.6. The number of aromatic amines is 1. The van der Waals surface area contributed by atoms with Crippen molar-refractivity contribution in [2.45, 2.75) is 5.92 Å². The largest absolute Gasteiger partial charge is 0.497 e. The molecule has 10 nitrogen and oxygen atoms in total. The summed E-state index contributed by atoms with van der Waals surface area (Å²) in [5.74, 6) is 0.627. The zero-order valence-corrected chi connectivity index (χ0v) is 16.6. The van der Waals surface area contributed by atoms with Gasteiger partial charge in [0.05, 0.1) is 36.3 Å². The predicted molar refractivity (Wildman–Crippen MR) is 110 cm³/mol. The minimum atomic E-state index is -0.654. The first-order valence-corrected chi connectivity index (χ1v) is 9.11. The second kappa shape index (κ2) is 7.72. The molecule has 0 amide bonds. The van der Waals surface area contributed by atoms with Gasteiger partial charge in [0, 0.05) is 17.7 Å². The highest BCUT2D eigenvalue weighted by Gasteiger charge is 2.36. The first kappa shape index (κ1) is 19.8. The third-order valence-corrected chi connectivity index (χ3v) is 5.05. The van der Waals surface area contributed by atoms with Crippen LogP contribution in [0.2, 0.25) is 0 Å². The number of H-pyrrole nitrogens is 1. The Labute approximate surface area is 176 Å². The van der Waals surface area contributed by atoms with Crippen molar-refractivity contribution in [1.29, 1.82) is 5.26 Å². The number of hydrogen-bond acceptors (Lipinski definition) is 8. The minimum Gasteiger partial charge on any atom is -0.497 e. The molecule has 31 heavy (non-hydrogen) atoms. The normalized spacial score (nSPS) is 14.9. The molecule has 10 heteroatoms. The van der Waals surface area contributed by atoms with Gasteiger partial charge in [-0.1, -0.05) is 12.1 Å². The average molecular weight is 419 g/mol. The number of ether oxygens (including phenoxy) is 3. The third-order valence-electron chi connectivity index (χ3n) is 5.05. The SMILES string of the molecule is COc1ccc(OC)c(-c2[nH]nc3c2[C@@H](c2ccc([N+](=O)[O-])cc2)C(C#N)=C(N)O3)c1. The van der Waals surface area contributed by atoms with Crippen LogP contribution in [0.3, 0.4) is 0 Å². The number of nitriles is 1. The van der Waals surface area contributed by atoms with E-state index in [1.54, 1.807) is 37.4 Å². The summed E-state index contributed by atoms with van der Waals surface area (Å²) in [7, 11) is 3.09. The minimum absolute atomic E-state index is 0.0617. The van der Waals surface area contributed by atoms with Crippen molar-refractivity contribution in [2.75, 3.05) is 14.2 Å². The Morgan fingerprint density at radius 1 is 1.23 bits per heavy atom. The monoisotopic (exact) mass is 419 g/mol. The van der Waals surface area contributed by atoms with Crippen LogP contribution in [0.1, 0.15) is 17.0 Å². The van der Waals surface area contributed by atoms with Gasteiger partial charge in [-0.25, -0.2) is 0 Å². The van der Waals surface area contributed by atoms with Gasteiger partial charge < -0.3 is 19.9 Å². The number of nitrogens with zero attached hydrogens (tertiary/aromatic N) is 3. The van der Waals surface area contributed by atoms with E-state index in [1.807, 2.05) is 0 Å². The molecule has 1 aromatic heterocycles. The second-order valence-electron chi connectivity index (χ2n) is 6.66. The molecular formula is C21H17N5O5. The zero-order valence-electron chi connectivity index (χ0n) is 16.6. The number of aromatic nitrogens is 2. The summed E-state index contributed by atoms with van der Waals surface area (Å²) >= 11 is 0. The van der Waals surface area contributed by atoms with Crippen LogP contribution < -0.4 is 19.9 Å². The van der Waals surface area contributed by atoms with Crippen LogP contribution >= 0.6 is 0 Å². The first-order valence-electron chi connectivity index (χ1n) is 9.11. The molecule has 2 heterocycles. The summed E-state index contributed by atoms with van der Waals surface area (Å²) < 4.78 is 16.4. The van der Waals surface area contributed by atoms with Crippen molar-refractivity contribution in [3.8, 4) is 34.7 Å². The Balaban J connectivity index is 1.94. The van der Waals surface area contributed by atoms with Crippen LogP contribution in [0, 0.1) is 21.4 Å². The molecule has 3 N–H and O–H groups in total. The lowest BCUT2D eigenvalue weighted by atomic mass is 9.83. The van der Waals surface area contributed by atoms with Gasteiger partial charge in [-0.2, -0.15) is 5.26 Å². The van der Waals surface area contributed by atoms with Crippen molar-refractivity contribution in [1.82, 2.24) is 10.2 Å². The maximum atomic E-state index is 11.1.